The lowest BCUT2D eigenvalue weighted by molar-refractivity contribution is -0.274. The number of aryl methyl sites for hydroxylation is 1. The summed E-state index contributed by atoms with van der Waals surface area (Å²) in [6, 6.07) is 8.17. The van der Waals surface area contributed by atoms with Crippen molar-refractivity contribution < 1.29 is 27.4 Å². The number of halogens is 3. The van der Waals surface area contributed by atoms with E-state index in [4.69, 9.17) is 4.74 Å². The summed E-state index contributed by atoms with van der Waals surface area (Å²) in [4.78, 5) is 19.1. The molecular formula is C19H18F3N5O3. The largest absolute Gasteiger partial charge is 0.573 e. The maximum Gasteiger partial charge on any atom is 0.573 e. The lowest BCUT2D eigenvalue weighted by Crippen LogP contribution is -2.37. The van der Waals surface area contributed by atoms with Gasteiger partial charge in [-0.2, -0.15) is 9.61 Å². The zero-order valence-corrected chi connectivity index (χ0v) is 15.9. The molecule has 1 aliphatic heterocycles. The highest BCUT2D eigenvalue weighted by Crippen LogP contribution is 2.24. The van der Waals surface area contributed by atoms with Crippen LogP contribution in [-0.2, 0) is 4.74 Å². The number of morpholine rings is 1. The van der Waals surface area contributed by atoms with Crippen LogP contribution in [0.1, 0.15) is 16.1 Å². The molecular weight excluding hydrogens is 403 g/mol. The van der Waals surface area contributed by atoms with Crippen molar-refractivity contribution in [3.05, 3.63) is 47.7 Å². The van der Waals surface area contributed by atoms with Gasteiger partial charge in [0.2, 0.25) is 0 Å². The van der Waals surface area contributed by atoms with Gasteiger partial charge in [0.05, 0.1) is 18.9 Å². The standard InChI is InChI=1S/C19H18F3N5O3/c1-12-10-16-23-15(11-17(27(16)25-12)26-6-8-29-9-7-26)24-18(28)13-2-4-14(5-3-13)30-19(20,21)22/h2-5,10-11H,6-9H2,1H3,(H,23,24,28). The zero-order valence-electron chi connectivity index (χ0n) is 15.9. The van der Waals surface area contributed by atoms with E-state index >= 15 is 0 Å². The van der Waals surface area contributed by atoms with Crippen LogP contribution in [0.2, 0.25) is 0 Å². The molecule has 158 valence electrons. The van der Waals surface area contributed by atoms with Gasteiger partial charge in [0.15, 0.2) is 5.65 Å². The summed E-state index contributed by atoms with van der Waals surface area (Å²) in [5, 5.41) is 7.15. The van der Waals surface area contributed by atoms with E-state index in [2.05, 4.69) is 25.0 Å². The van der Waals surface area contributed by atoms with Crippen molar-refractivity contribution in [3.63, 3.8) is 0 Å². The van der Waals surface area contributed by atoms with E-state index in [1.54, 1.807) is 16.6 Å². The molecule has 0 saturated carbocycles. The van der Waals surface area contributed by atoms with Crippen LogP contribution < -0.4 is 15.0 Å². The molecule has 1 aromatic carbocycles. The van der Waals surface area contributed by atoms with Crippen LogP contribution in [0.15, 0.2) is 36.4 Å². The summed E-state index contributed by atoms with van der Waals surface area (Å²) in [6.45, 7) is 4.36. The zero-order chi connectivity index (χ0) is 21.3. The van der Waals surface area contributed by atoms with Gasteiger partial charge in [-0.15, -0.1) is 13.2 Å². The Balaban J connectivity index is 1.58. The minimum absolute atomic E-state index is 0.170. The Morgan fingerprint density at radius 1 is 1.17 bits per heavy atom. The molecule has 1 aliphatic rings. The summed E-state index contributed by atoms with van der Waals surface area (Å²) in [7, 11) is 0. The molecule has 11 heteroatoms. The smallest absolute Gasteiger partial charge is 0.406 e. The normalized spacial score (nSPS) is 14.7. The number of carbonyl (C=O) groups is 1. The van der Waals surface area contributed by atoms with Gasteiger partial charge < -0.3 is 19.7 Å². The molecule has 2 aromatic heterocycles. The summed E-state index contributed by atoms with van der Waals surface area (Å²) >= 11 is 0. The lowest BCUT2D eigenvalue weighted by Gasteiger charge is -2.29. The second-order valence-corrected chi connectivity index (χ2v) is 6.68. The van der Waals surface area contributed by atoms with Crippen molar-refractivity contribution in [1.82, 2.24) is 14.6 Å². The van der Waals surface area contributed by atoms with E-state index in [1.807, 2.05) is 6.92 Å². The topological polar surface area (TPSA) is 81.0 Å². The van der Waals surface area contributed by atoms with Gasteiger partial charge in [0.25, 0.3) is 5.91 Å². The van der Waals surface area contributed by atoms with E-state index in [9.17, 15) is 18.0 Å². The van der Waals surface area contributed by atoms with Crippen LogP contribution in [0.3, 0.4) is 0 Å². The van der Waals surface area contributed by atoms with Crippen molar-refractivity contribution in [3.8, 4) is 5.75 Å². The van der Waals surface area contributed by atoms with E-state index < -0.39 is 18.0 Å². The number of ether oxygens (including phenoxy) is 2. The monoisotopic (exact) mass is 421 g/mol. The second kappa shape index (κ2) is 7.82. The number of alkyl halides is 3. The van der Waals surface area contributed by atoms with Gasteiger partial charge >= 0.3 is 6.36 Å². The van der Waals surface area contributed by atoms with E-state index in [0.29, 0.717) is 37.8 Å². The first kappa shape index (κ1) is 20.0. The Hall–Kier alpha value is -3.34. The predicted octanol–water partition coefficient (Wildman–Crippen LogP) is 3.03. The van der Waals surface area contributed by atoms with Crippen LogP contribution in [0.25, 0.3) is 5.65 Å². The van der Waals surface area contributed by atoms with Crippen molar-refractivity contribution in [2.24, 2.45) is 0 Å². The lowest BCUT2D eigenvalue weighted by atomic mass is 10.2. The maximum absolute atomic E-state index is 12.6. The summed E-state index contributed by atoms with van der Waals surface area (Å²) in [5.41, 5.74) is 1.52. The first-order chi connectivity index (χ1) is 14.3. The molecule has 0 spiro atoms. The highest BCUT2D eigenvalue weighted by molar-refractivity contribution is 6.04. The van der Waals surface area contributed by atoms with Gasteiger partial charge in [0.1, 0.15) is 17.4 Å². The first-order valence-corrected chi connectivity index (χ1v) is 9.16. The quantitative estimate of drug-likeness (QED) is 0.698. The molecule has 3 aromatic rings. The molecule has 30 heavy (non-hydrogen) atoms. The maximum atomic E-state index is 12.6. The highest BCUT2D eigenvalue weighted by atomic mass is 19.4. The fraction of sp³-hybridized carbons (Fsp3) is 0.316. The Labute approximate surface area is 169 Å². The van der Waals surface area contributed by atoms with Gasteiger partial charge in [-0.25, -0.2) is 4.98 Å². The third-order valence-corrected chi connectivity index (χ3v) is 4.46. The Morgan fingerprint density at radius 2 is 1.87 bits per heavy atom. The molecule has 0 atom stereocenters. The molecule has 0 unspecified atom stereocenters. The van der Waals surface area contributed by atoms with Crippen LogP contribution in [0.5, 0.6) is 5.75 Å². The number of anilines is 2. The number of rotatable bonds is 4. The number of nitrogens with zero attached hydrogens (tertiary/aromatic N) is 4. The fourth-order valence-electron chi connectivity index (χ4n) is 3.15. The van der Waals surface area contributed by atoms with Gasteiger partial charge in [-0.1, -0.05) is 0 Å². The second-order valence-electron chi connectivity index (χ2n) is 6.68. The van der Waals surface area contributed by atoms with E-state index in [0.717, 1.165) is 23.6 Å². The molecule has 1 fully saturated rings. The van der Waals surface area contributed by atoms with Crippen LogP contribution in [0.4, 0.5) is 24.8 Å². The van der Waals surface area contributed by atoms with Crippen LogP contribution in [0, 0.1) is 6.92 Å². The SMILES string of the molecule is Cc1cc2nc(NC(=O)c3ccc(OC(F)(F)F)cc3)cc(N3CCOCC3)n2n1. The molecule has 1 amide bonds. The number of hydrogen-bond acceptors (Lipinski definition) is 6. The average molecular weight is 421 g/mol. The van der Waals surface area contributed by atoms with Crippen LogP contribution >= 0.6 is 0 Å². The number of fused-ring (bicyclic) bond motifs is 1. The fourth-order valence-corrected chi connectivity index (χ4v) is 3.15. The molecule has 8 nitrogen and oxygen atoms in total. The molecule has 0 aliphatic carbocycles. The number of benzene rings is 1. The number of carbonyl (C=O) groups excluding carboxylic acids is 1. The van der Waals surface area contributed by atoms with Gasteiger partial charge in [0, 0.05) is 30.8 Å². The minimum atomic E-state index is -4.79. The Morgan fingerprint density at radius 3 is 2.53 bits per heavy atom. The highest BCUT2D eigenvalue weighted by Gasteiger charge is 2.31. The number of amides is 1. The molecule has 1 N–H and O–H groups in total. The minimum Gasteiger partial charge on any atom is -0.406 e. The first-order valence-electron chi connectivity index (χ1n) is 9.16. The molecule has 1 saturated heterocycles. The third kappa shape index (κ3) is 4.46. The van der Waals surface area contributed by atoms with Gasteiger partial charge in [-0.3, -0.25) is 4.79 Å². The Bertz CT molecular complexity index is 1060. The van der Waals surface area contributed by atoms with Crippen molar-refractivity contribution >= 4 is 23.2 Å². The van der Waals surface area contributed by atoms with Gasteiger partial charge in [-0.05, 0) is 31.2 Å². The van der Waals surface area contributed by atoms with Crippen LogP contribution in [-0.4, -0.2) is 53.2 Å². The summed E-state index contributed by atoms with van der Waals surface area (Å²) in [6.07, 6.45) is -4.79. The van der Waals surface area contributed by atoms with Crippen molar-refractivity contribution in [1.29, 1.82) is 0 Å². The number of nitrogens with one attached hydrogen (secondary N) is 1. The summed E-state index contributed by atoms with van der Waals surface area (Å²) < 4.78 is 47.8. The van der Waals surface area contributed by atoms with E-state index in [-0.39, 0.29) is 5.56 Å². The molecule has 4 rings (SSSR count). The summed E-state index contributed by atoms with van der Waals surface area (Å²) in [5.74, 6) is 0.169. The molecule has 3 heterocycles. The van der Waals surface area contributed by atoms with Crippen molar-refractivity contribution in [2.45, 2.75) is 13.3 Å². The average Bonchev–Trinajstić information content (AvgIpc) is 3.07. The third-order valence-electron chi connectivity index (χ3n) is 4.46. The number of aromatic nitrogens is 3. The Kier molecular flexibility index (Phi) is 5.20. The predicted molar refractivity (Wildman–Crippen MR) is 102 cm³/mol. The number of hydrogen-bond donors (Lipinski definition) is 1. The molecule has 0 radical (unpaired) electrons. The van der Waals surface area contributed by atoms with E-state index in [1.165, 1.54) is 12.1 Å². The van der Waals surface area contributed by atoms with Crippen molar-refractivity contribution in [2.75, 3.05) is 36.5 Å². The molecule has 0 bridgehead atoms.